The first-order valence-corrected chi connectivity index (χ1v) is 5.38. The fourth-order valence-corrected chi connectivity index (χ4v) is 1.29. The Morgan fingerprint density at radius 3 is 2.87 bits per heavy atom. The Kier molecular flexibility index (Phi) is 4.83. The quantitative estimate of drug-likeness (QED) is 0.780. The second kappa shape index (κ2) is 6.19. The molecule has 0 bridgehead atoms. The largest absolute Gasteiger partial charge is 0.480 e. The van der Waals surface area contributed by atoms with Crippen molar-refractivity contribution < 1.29 is 9.53 Å². The standard InChI is InChI=1S/C10H12N2O2S/c1-8(13)15-7-3-4-9-5-6-10(14-2)12-11-9/h3-6H,7H2,1-2H3. The van der Waals surface area contributed by atoms with Crippen molar-refractivity contribution in [1.29, 1.82) is 0 Å². The predicted octanol–water partition coefficient (Wildman–Crippen LogP) is 1.78. The van der Waals surface area contributed by atoms with Gasteiger partial charge in [0.2, 0.25) is 5.88 Å². The number of ether oxygens (including phenoxy) is 1. The van der Waals surface area contributed by atoms with Gasteiger partial charge in [-0.2, -0.15) is 0 Å². The minimum Gasteiger partial charge on any atom is -0.480 e. The molecule has 0 fully saturated rings. The molecule has 1 aromatic rings. The van der Waals surface area contributed by atoms with Crippen LogP contribution in [-0.4, -0.2) is 28.2 Å². The van der Waals surface area contributed by atoms with Gasteiger partial charge in [0.15, 0.2) is 5.12 Å². The van der Waals surface area contributed by atoms with Gasteiger partial charge >= 0.3 is 0 Å². The molecule has 5 heteroatoms. The Labute approximate surface area is 92.7 Å². The third kappa shape index (κ3) is 4.60. The SMILES string of the molecule is COc1ccc(C=CCSC(C)=O)nn1. The van der Waals surface area contributed by atoms with E-state index in [-0.39, 0.29) is 5.12 Å². The zero-order valence-electron chi connectivity index (χ0n) is 8.64. The van der Waals surface area contributed by atoms with Crippen LogP contribution in [0.3, 0.4) is 0 Å². The number of rotatable bonds is 4. The van der Waals surface area contributed by atoms with E-state index in [1.165, 1.54) is 11.8 Å². The molecule has 1 heterocycles. The summed E-state index contributed by atoms with van der Waals surface area (Å²) in [7, 11) is 1.54. The first-order valence-electron chi connectivity index (χ1n) is 4.40. The summed E-state index contributed by atoms with van der Waals surface area (Å²) in [5, 5.41) is 7.84. The number of carbonyl (C=O) groups is 1. The van der Waals surface area contributed by atoms with Gasteiger partial charge in [-0.25, -0.2) is 0 Å². The van der Waals surface area contributed by atoms with Gasteiger partial charge in [0, 0.05) is 18.7 Å². The minimum absolute atomic E-state index is 0.112. The van der Waals surface area contributed by atoms with Crippen LogP contribution in [0.2, 0.25) is 0 Å². The predicted molar refractivity (Wildman–Crippen MR) is 60.8 cm³/mol. The molecule has 0 radical (unpaired) electrons. The van der Waals surface area contributed by atoms with Crippen molar-refractivity contribution in [3.8, 4) is 5.88 Å². The van der Waals surface area contributed by atoms with Crippen LogP contribution < -0.4 is 4.74 Å². The summed E-state index contributed by atoms with van der Waals surface area (Å²) in [6, 6.07) is 3.55. The molecule has 15 heavy (non-hydrogen) atoms. The Hall–Kier alpha value is -1.36. The molecule has 1 rings (SSSR count). The van der Waals surface area contributed by atoms with Crippen LogP contribution in [0.4, 0.5) is 0 Å². The molecular formula is C10H12N2O2S. The van der Waals surface area contributed by atoms with Crippen LogP contribution in [0.25, 0.3) is 6.08 Å². The highest BCUT2D eigenvalue weighted by Gasteiger charge is 1.93. The van der Waals surface area contributed by atoms with E-state index in [0.717, 1.165) is 5.69 Å². The van der Waals surface area contributed by atoms with Crippen molar-refractivity contribution in [2.45, 2.75) is 6.92 Å². The van der Waals surface area contributed by atoms with Gasteiger partial charge in [-0.05, 0) is 12.1 Å². The monoisotopic (exact) mass is 224 g/mol. The lowest BCUT2D eigenvalue weighted by molar-refractivity contribution is -0.109. The minimum atomic E-state index is 0.112. The topological polar surface area (TPSA) is 52.1 Å². The molecule has 0 aliphatic carbocycles. The maximum atomic E-state index is 10.6. The number of thioether (sulfide) groups is 1. The van der Waals surface area contributed by atoms with Gasteiger partial charge in [-0.3, -0.25) is 4.79 Å². The van der Waals surface area contributed by atoms with Crippen LogP contribution in [0.15, 0.2) is 18.2 Å². The lowest BCUT2D eigenvalue weighted by Crippen LogP contribution is -1.91. The van der Waals surface area contributed by atoms with E-state index in [2.05, 4.69) is 10.2 Å². The molecule has 0 saturated heterocycles. The number of hydrogen-bond acceptors (Lipinski definition) is 5. The van der Waals surface area contributed by atoms with E-state index >= 15 is 0 Å². The Morgan fingerprint density at radius 2 is 2.33 bits per heavy atom. The van der Waals surface area contributed by atoms with Gasteiger partial charge in [-0.1, -0.05) is 17.8 Å². The first kappa shape index (κ1) is 11.7. The van der Waals surface area contributed by atoms with Gasteiger partial charge in [0.05, 0.1) is 12.8 Å². The van der Waals surface area contributed by atoms with Crippen molar-refractivity contribution >= 4 is 23.0 Å². The third-order valence-electron chi connectivity index (χ3n) is 1.54. The third-order valence-corrected chi connectivity index (χ3v) is 2.31. The van der Waals surface area contributed by atoms with Crippen LogP contribution in [0, 0.1) is 0 Å². The van der Waals surface area contributed by atoms with Crippen molar-refractivity contribution in [2.24, 2.45) is 0 Å². The fourth-order valence-electron chi connectivity index (χ4n) is 0.862. The molecule has 0 N–H and O–H groups in total. The molecule has 1 aromatic heterocycles. The molecule has 0 aliphatic rings. The van der Waals surface area contributed by atoms with E-state index in [9.17, 15) is 4.79 Å². The summed E-state index contributed by atoms with van der Waals surface area (Å²) in [5.74, 6) is 1.15. The fraction of sp³-hybridized carbons (Fsp3) is 0.300. The summed E-state index contributed by atoms with van der Waals surface area (Å²) >= 11 is 1.26. The van der Waals surface area contributed by atoms with Crippen molar-refractivity contribution in [1.82, 2.24) is 10.2 Å². The van der Waals surface area contributed by atoms with Crippen molar-refractivity contribution in [3.63, 3.8) is 0 Å². The summed E-state index contributed by atoms with van der Waals surface area (Å²) < 4.78 is 4.88. The smallest absolute Gasteiger partial charge is 0.233 e. The van der Waals surface area contributed by atoms with Crippen molar-refractivity contribution in [3.05, 3.63) is 23.9 Å². The highest BCUT2D eigenvalue weighted by molar-refractivity contribution is 8.13. The number of aromatic nitrogens is 2. The number of carbonyl (C=O) groups excluding carboxylic acids is 1. The normalized spacial score (nSPS) is 10.5. The average Bonchev–Trinajstić information content (AvgIpc) is 2.25. The second-order valence-electron chi connectivity index (χ2n) is 2.71. The summed E-state index contributed by atoms with van der Waals surface area (Å²) in [6.07, 6.45) is 3.70. The second-order valence-corrected chi connectivity index (χ2v) is 3.90. The van der Waals surface area contributed by atoms with E-state index in [1.807, 2.05) is 12.2 Å². The molecule has 0 aliphatic heterocycles. The van der Waals surface area contributed by atoms with Gasteiger partial charge in [-0.15, -0.1) is 10.2 Å². The zero-order chi connectivity index (χ0) is 11.1. The van der Waals surface area contributed by atoms with Crippen LogP contribution >= 0.6 is 11.8 Å². The lowest BCUT2D eigenvalue weighted by atomic mass is 10.3. The highest BCUT2D eigenvalue weighted by Crippen LogP contribution is 2.06. The Morgan fingerprint density at radius 1 is 1.53 bits per heavy atom. The van der Waals surface area contributed by atoms with Crippen LogP contribution in [0.1, 0.15) is 12.6 Å². The Balaban J connectivity index is 2.46. The maximum absolute atomic E-state index is 10.6. The Bertz CT molecular complexity index is 349. The summed E-state index contributed by atoms with van der Waals surface area (Å²) in [5.41, 5.74) is 0.750. The molecule has 0 spiro atoms. The zero-order valence-corrected chi connectivity index (χ0v) is 9.45. The molecular weight excluding hydrogens is 212 g/mol. The summed E-state index contributed by atoms with van der Waals surface area (Å²) in [6.45, 7) is 1.55. The van der Waals surface area contributed by atoms with Crippen molar-refractivity contribution in [2.75, 3.05) is 12.9 Å². The molecule has 0 saturated carbocycles. The van der Waals surface area contributed by atoms with Crippen LogP contribution in [0.5, 0.6) is 5.88 Å². The van der Waals surface area contributed by atoms with Gasteiger partial charge in [0.1, 0.15) is 0 Å². The first-order chi connectivity index (χ1) is 7.22. The maximum Gasteiger partial charge on any atom is 0.233 e. The van der Waals surface area contributed by atoms with Gasteiger partial charge < -0.3 is 4.74 Å². The highest BCUT2D eigenvalue weighted by atomic mass is 32.2. The molecule has 4 nitrogen and oxygen atoms in total. The van der Waals surface area contributed by atoms with E-state index in [4.69, 9.17) is 4.74 Å². The molecule has 80 valence electrons. The summed E-state index contributed by atoms with van der Waals surface area (Å²) in [4.78, 5) is 10.6. The number of methoxy groups -OCH3 is 1. The van der Waals surface area contributed by atoms with Crippen LogP contribution in [-0.2, 0) is 4.79 Å². The lowest BCUT2D eigenvalue weighted by Gasteiger charge is -1.96. The molecule has 0 unspecified atom stereocenters. The van der Waals surface area contributed by atoms with Gasteiger partial charge in [0.25, 0.3) is 0 Å². The molecule has 0 amide bonds. The average molecular weight is 224 g/mol. The van der Waals surface area contributed by atoms with E-state index < -0.39 is 0 Å². The van der Waals surface area contributed by atoms with E-state index in [0.29, 0.717) is 11.6 Å². The molecule has 0 aromatic carbocycles. The number of nitrogens with zero attached hydrogens (tertiary/aromatic N) is 2. The van der Waals surface area contributed by atoms with E-state index in [1.54, 1.807) is 26.2 Å². The number of hydrogen-bond donors (Lipinski definition) is 0. The molecule has 0 atom stereocenters.